The average Bonchev–Trinajstić information content (AvgIpc) is 2.75. The number of hydrogen-bond donors (Lipinski definition) is 0. The van der Waals surface area contributed by atoms with Crippen molar-refractivity contribution in [3.8, 4) is 0 Å². The molecule has 2 heterocycles. The quantitative estimate of drug-likeness (QED) is 0.838. The van der Waals surface area contributed by atoms with Crippen molar-refractivity contribution in [2.75, 3.05) is 19.8 Å². The summed E-state index contributed by atoms with van der Waals surface area (Å²) >= 11 is 3.19. The van der Waals surface area contributed by atoms with Gasteiger partial charge in [-0.3, -0.25) is 4.79 Å². The van der Waals surface area contributed by atoms with Crippen LogP contribution in [0.25, 0.3) is 0 Å². The van der Waals surface area contributed by atoms with Crippen LogP contribution in [-0.2, 0) is 4.74 Å². The molecular weight excluding hydrogens is 274 g/mol. The third kappa shape index (κ3) is 2.30. The van der Waals surface area contributed by atoms with Crippen molar-refractivity contribution < 1.29 is 13.9 Å². The molecule has 0 aliphatic carbocycles. The fourth-order valence-corrected chi connectivity index (χ4v) is 2.14. The first-order valence-corrected chi connectivity index (χ1v) is 6.15. The molecule has 2 rings (SSSR count). The van der Waals surface area contributed by atoms with E-state index in [2.05, 4.69) is 22.9 Å². The van der Waals surface area contributed by atoms with Crippen molar-refractivity contribution in [3.05, 3.63) is 22.6 Å². The predicted octanol–water partition coefficient (Wildman–Crippen LogP) is 2.29. The molecule has 0 bridgehead atoms. The zero-order valence-electron chi connectivity index (χ0n) is 9.11. The van der Waals surface area contributed by atoms with Crippen molar-refractivity contribution in [2.24, 2.45) is 0 Å². The summed E-state index contributed by atoms with van der Waals surface area (Å²) in [4.78, 5) is 14.0. The van der Waals surface area contributed by atoms with Gasteiger partial charge in [0.15, 0.2) is 10.4 Å². The van der Waals surface area contributed by atoms with E-state index in [1.807, 2.05) is 4.90 Å². The lowest BCUT2D eigenvalue weighted by Crippen LogP contribution is -2.48. The smallest absolute Gasteiger partial charge is 0.290 e. The number of rotatable bonds is 2. The molecule has 4 nitrogen and oxygen atoms in total. The first-order valence-electron chi connectivity index (χ1n) is 5.36. The van der Waals surface area contributed by atoms with Crippen LogP contribution < -0.4 is 0 Å². The highest BCUT2D eigenvalue weighted by atomic mass is 79.9. The third-order valence-corrected chi connectivity index (χ3v) is 3.17. The Morgan fingerprint density at radius 1 is 1.62 bits per heavy atom. The SMILES string of the molecule is CCC1COCCN1C(=O)c1ccc(Br)o1. The van der Waals surface area contributed by atoms with Gasteiger partial charge in [-0.15, -0.1) is 0 Å². The van der Waals surface area contributed by atoms with E-state index in [1.165, 1.54) is 0 Å². The molecule has 1 aromatic heterocycles. The number of ether oxygens (including phenoxy) is 1. The third-order valence-electron chi connectivity index (χ3n) is 2.74. The van der Waals surface area contributed by atoms with Gasteiger partial charge in [0.25, 0.3) is 5.91 Å². The Balaban J connectivity index is 2.13. The molecule has 0 aromatic carbocycles. The molecule has 0 saturated carbocycles. The van der Waals surface area contributed by atoms with Crippen LogP contribution in [0.3, 0.4) is 0 Å². The molecule has 1 aliphatic heterocycles. The van der Waals surface area contributed by atoms with Gasteiger partial charge < -0.3 is 14.1 Å². The molecule has 1 unspecified atom stereocenters. The van der Waals surface area contributed by atoms with Crippen LogP contribution in [-0.4, -0.2) is 36.6 Å². The largest absolute Gasteiger partial charge is 0.444 e. The predicted molar refractivity (Wildman–Crippen MR) is 62.3 cm³/mol. The number of nitrogens with zero attached hydrogens (tertiary/aromatic N) is 1. The van der Waals surface area contributed by atoms with E-state index in [1.54, 1.807) is 12.1 Å². The Hall–Kier alpha value is -0.810. The van der Waals surface area contributed by atoms with Crippen molar-refractivity contribution in [1.29, 1.82) is 0 Å². The van der Waals surface area contributed by atoms with Gasteiger partial charge in [0.1, 0.15) is 0 Å². The van der Waals surface area contributed by atoms with Gasteiger partial charge in [-0.2, -0.15) is 0 Å². The molecule has 16 heavy (non-hydrogen) atoms. The molecule has 1 saturated heterocycles. The Bertz CT molecular complexity index is 377. The lowest BCUT2D eigenvalue weighted by molar-refractivity contribution is -0.00439. The first kappa shape index (κ1) is 11.7. The minimum Gasteiger partial charge on any atom is -0.444 e. The number of carbonyl (C=O) groups is 1. The normalized spacial score (nSPS) is 21.1. The van der Waals surface area contributed by atoms with E-state index in [9.17, 15) is 4.79 Å². The molecule has 5 heteroatoms. The van der Waals surface area contributed by atoms with Crippen LogP contribution in [0.4, 0.5) is 0 Å². The maximum atomic E-state index is 12.1. The number of morpholine rings is 1. The van der Waals surface area contributed by atoms with E-state index in [4.69, 9.17) is 9.15 Å². The van der Waals surface area contributed by atoms with E-state index in [0.717, 1.165) is 6.42 Å². The van der Waals surface area contributed by atoms with Gasteiger partial charge in [0, 0.05) is 6.54 Å². The molecule has 0 spiro atoms. The van der Waals surface area contributed by atoms with Crippen LogP contribution in [0.15, 0.2) is 21.2 Å². The second-order valence-corrected chi connectivity index (χ2v) is 4.52. The average molecular weight is 288 g/mol. The highest BCUT2D eigenvalue weighted by Crippen LogP contribution is 2.19. The Morgan fingerprint density at radius 2 is 2.44 bits per heavy atom. The van der Waals surface area contributed by atoms with Crippen LogP contribution in [0.1, 0.15) is 23.9 Å². The summed E-state index contributed by atoms with van der Waals surface area (Å²) in [5.41, 5.74) is 0. The van der Waals surface area contributed by atoms with Gasteiger partial charge in [-0.05, 0) is 34.5 Å². The fraction of sp³-hybridized carbons (Fsp3) is 0.545. The molecule has 1 atom stereocenters. The van der Waals surface area contributed by atoms with Crippen molar-refractivity contribution in [1.82, 2.24) is 4.90 Å². The summed E-state index contributed by atoms with van der Waals surface area (Å²) < 4.78 is 11.2. The molecule has 0 radical (unpaired) electrons. The van der Waals surface area contributed by atoms with Gasteiger partial charge in [-0.1, -0.05) is 6.92 Å². The summed E-state index contributed by atoms with van der Waals surface area (Å²) in [6.07, 6.45) is 0.896. The van der Waals surface area contributed by atoms with Gasteiger partial charge >= 0.3 is 0 Å². The van der Waals surface area contributed by atoms with Crippen LogP contribution in [0, 0.1) is 0 Å². The van der Waals surface area contributed by atoms with Gasteiger partial charge in [-0.25, -0.2) is 0 Å². The number of amides is 1. The van der Waals surface area contributed by atoms with Crippen LogP contribution in [0.5, 0.6) is 0 Å². The topological polar surface area (TPSA) is 42.7 Å². The summed E-state index contributed by atoms with van der Waals surface area (Å²) in [7, 11) is 0. The highest BCUT2D eigenvalue weighted by Gasteiger charge is 2.28. The zero-order valence-corrected chi connectivity index (χ0v) is 10.7. The van der Waals surface area contributed by atoms with Crippen LogP contribution in [0.2, 0.25) is 0 Å². The Labute approximate surface area is 103 Å². The number of halogens is 1. The lowest BCUT2D eigenvalue weighted by Gasteiger charge is -2.34. The first-order chi connectivity index (χ1) is 7.72. The molecule has 1 aromatic rings. The summed E-state index contributed by atoms with van der Waals surface area (Å²) in [5, 5.41) is 0. The van der Waals surface area contributed by atoms with E-state index >= 15 is 0 Å². The fourth-order valence-electron chi connectivity index (χ4n) is 1.83. The molecule has 1 amide bonds. The zero-order chi connectivity index (χ0) is 11.5. The Kier molecular flexibility index (Phi) is 3.66. The van der Waals surface area contributed by atoms with Crippen molar-refractivity contribution in [2.45, 2.75) is 19.4 Å². The maximum Gasteiger partial charge on any atom is 0.290 e. The minimum atomic E-state index is -0.0548. The van der Waals surface area contributed by atoms with Crippen molar-refractivity contribution >= 4 is 21.8 Å². The summed E-state index contributed by atoms with van der Waals surface area (Å²) in [6, 6.07) is 3.58. The molecule has 1 fully saturated rings. The second-order valence-electron chi connectivity index (χ2n) is 3.74. The molecule has 0 N–H and O–H groups in total. The van der Waals surface area contributed by atoms with E-state index in [-0.39, 0.29) is 11.9 Å². The molecule has 88 valence electrons. The standard InChI is InChI=1S/C11H14BrNO3/c1-2-8-7-15-6-5-13(8)11(14)9-3-4-10(12)16-9/h3-4,8H,2,5-7H2,1H3. The maximum absolute atomic E-state index is 12.1. The highest BCUT2D eigenvalue weighted by molar-refractivity contribution is 9.10. The Morgan fingerprint density at radius 3 is 3.06 bits per heavy atom. The number of hydrogen-bond acceptors (Lipinski definition) is 3. The van der Waals surface area contributed by atoms with Gasteiger partial charge in [0.2, 0.25) is 0 Å². The monoisotopic (exact) mass is 287 g/mol. The minimum absolute atomic E-state index is 0.0548. The lowest BCUT2D eigenvalue weighted by atomic mass is 10.1. The van der Waals surface area contributed by atoms with E-state index < -0.39 is 0 Å². The van der Waals surface area contributed by atoms with E-state index in [0.29, 0.717) is 30.2 Å². The van der Waals surface area contributed by atoms with Crippen molar-refractivity contribution in [3.63, 3.8) is 0 Å². The summed E-state index contributed by atoms with van der Waals surface area (Å²) in [6.45, 7) is 3.90. The molecular formula is C11H14BrNO3. The summed E-state index contributed by atoms with van der Waals surface area (Å²) in [5.74, 6) is 0.327. The second kappa shape index (κ2) is 5.01. The number of carbonyl (C=O) groups excluding carboxylic acids is 1. The van der Waals surface area contributed by atoms with Crippen LogP contribution >= 0.6 is 15.9 Å². The number of furan rings is 1. The molecule has 1 aliphatic rings. The van der Waals surface area contributed by atoms with Gasteiger partial charge in [0.05, 0.1) is 19.3 Å².